The van der Waals surface area contributed by atoms with E-state index < -0.39 is 7.25 Å². The second-order valence-corrected chi connectivity index (χ2v) is 4.06. The van der Waals surface area contributed by atoms with Crippen molar-refractivity contribution in [1.29, 1.82) is 0 Å². The van der Waals surface area contributed by atoms with Gasteiger partial charge >= 0.3 is 13.2 Å². The van der Waals surface area contributed by atoms with E-state index in [1.807, 2.05) is 0 Å². The number of carbonyl (C=O) groups excluding carboxylic acids is 1. The first kappa shape index (κ1) is 19.2. The maximum Gasteiger partial charge on any atom is 0.673 e. The summed E-state index contributed by atoms with van der Waals surface area (Å²) in [5, 5.41) is 0. The zero-order valence-corrected chi connectivity index (χ0v) is 11.9. The van der Waals surface area contributed by atoms with E-state index in [4.69, 9.17) is 4.74 Å². The van der Waals surface area contributed by atoms with E-state index >= 15 is 0 Å². The number of halogens is 4. The second kappa shape index (κ2) is 10.0. The topological polar surface area (TPSA) is 35.1 Å². The molecular weight excluding hydrogens is 291 g/mol. The number of nitrogens with zero attached hydrogens (tertiary/aromatic N) is 2. The monoisotopic (exact) mass is 310 g/mol. The maximum absolute atomic E-state index is 10.7. The molecular formula is C12H19BF4N2O2. The van der Waals surface area contributed by atoms with Crippen LogP contribution in [0.4, 0.5) is 17.3 Å². The van der Waals surface area contributed by atoms with E-state index in [0.717, 1.165) is 25.9 Å². The van der Waals surface area contributed by atoms with Crippen LogP contribution >= 0.6 is 0 Å². The number of esters is 1. The molecule has 0 bridgehead atoms. The lowest BCUT2D eigenvalue weighted by Gasteiger charge is -2.00. The minimum atomic E-state index is -6.00. The molecule has 4 nitrogen and oxygen atoms in total. The predicted molar refractivity (Wildman–Crippen MR) is 70.9 cm³/mol. The summed E-state index contributed by atoms with van der Waals surface area (Å²) in [5.74, 6) is -0.343. The van der Waals surface area contributed by atoms with Crippen LogP contribution in [0.2, 0.25) is 0 Å². The van der Waals surface area contributed by atoms with Gasteiger partial charge in [0.1, 0.15) is 12.4 Å². The molecule has 0 amide bonds. The lowest BCUT2D eigenvalue weighted by Crippen LogP contribution is -2.31. The molecule has 0 saturated heterocycles. The van der Waals surface area contributed by atoms with Crippen LogP contribution in [0.5, 0.6) is 0 Å². The quantitative estimate of drug-likeness (QED) is 0.194. The number of aryl methyl sites for hydroxylation is 2. The SMILES string of the molecule is C=CC(=O)OCCCC[n+]1ccn(CC)c1.F[B-](F)(F)F. The first-order valence-electron chi connectivity index (χ1n) is 6.47. The highest BCUT2D eigenvalue weighted by Crippen LogP contribution is 2.06. The number of unbranched alkanes of at least 4 members (excludes halogenated alkanes) is 1. The van der Waals surface area contributed by atoms with Gasteiger partial charge in [0.15, 0.2) is 0 Å². The molecule has 1 rings (SSSR count). The number of hydrogen-bond donors (Lipinski definition) is 0. The van der Waals surface area contributed by atoms with Crippen LogP contribution in [-0.4, -0.2) is 24.4 Å². The summed E-state index contributed by atoms with van der Waals surface area (Å²) in [7, 11) is -6.00. The Hall–Kier alpha value is -1.80. The summed E-state index contributed by atoms with van der Waals surface area (Å²) in [6.07, 6.45) is 9.26. The molecule has 0 aliphatic heterocycles. The van der Waals surface area contributed by atoms with E-state index in [2.05, 4.69) is 41.4 Å². The Labute approximate surface area is 121 Å². The molecule has 0 aliphatic carbocycles. The second-order valence-electron chi connectivity index (χ2n) is 4.06. The van der Waals surface area contributed by atoms with Gasteiger partial charge in [0.05, 0.1) is 19.7 Å². The van der Waals surface area contributed by atoms with Gasteiger partial charge in [-0.3, -0.25) is 0 Å². The van der Waals surface area contributed by atoms with Gasteiger partial charge in [0, 0.05) is 6.08 Å². The minimum Gasteiger partial charge on any atom is -0.463 e. The van der Waals surface area contributed by atoms with Gasteiger partial charge in [-0.25, -0.2) is 13.9 Å². The molecule has 9 heteroatoms. The molecule has 0 atom stereocenters. The molecule has 120 valence electrons. The average Bonchev–Trinajstić information content (AvgIpc) is 2.84. The van der Waals surface area contributed by atoms with Gasteiger partial charge in [-0.1, -0.05) is 6.58 Å². The Bertz CT molecular complexity index is 429. The van der Waals surface area contributed by atoms with Crippen LogP contribution in [-0.2, 0) is 22.6 Å². The predicted octanol–water partition coefficient (Wildman–Crippen LogP) is 2.60. The number of imidazole rings is 1. The van der Waals surface area contributed by atoms with Gasteiger partial charge in [-0.2, -0.15) is 0 Å². The number of aromatic nitrogens is 2. The summed E-state index contributed by atoms with van der Waals surface area (Å²) >= 11 is 0. The van der Waals surface area contributed by atoms with Crippen molar-refractivity contribution in [1.82, 2.24) is 4.57 Å². The van der Waals surface area contributed by atoms with Crippen LogP contribution in [0.25, 0.3) is 0 Å². The molecule has 1 aromatic rings. The Morgan fingerprint density at radius 2 is 2.00 bits per heavy atom. The molecule has 0 radical (unpaired) electrons. The van der Waals surface area contributed by atoms with E-state index in [1.165, 1.54) is 6.08 Å². The van der Waals surface area contributed by atoms with Crippen LogP contribution < -0.4 is 4.57 Å². The van der Waals surface area contributed by atoms with Gasteiger partial charge in [0.25, 0.3) is 0 Å². The molecule has 0 aromatic carbocycles. The van der Waals surface area contributed by atoms with Crippen molar-refractivity contribution in [2.45, 2.75) is 32.9 Å². The van der Waals surface area contributed by atoms with Crippen molar-refractivity contribution >= 4 is 13.2 Å². The standard InChI is InChI=1S/C12H19N2O2.BF4/c1-3-12(15)16-10-6-5-7-14-9-8-13(4-2)11-14;2-1(3,4)5/h3,8-9,11H,1,4-7,10H2,2H3;/q+1;-1. The summed E-state index contributed by atoms with van der Waals surface area (Å²) in [6.45, 7) is 7.87. The lowest BCUT2D eigenvalue weighted by atomic mass is 10.3. The molecule has 0 aliphatic rings. The average molecular weight is 310 g/mol. The number of ether oxygens (including phenoxy) is 1. The Kier molecular flexibility index (Phi) is 9.15. The fourth-order valence-electron chi connectivity index (χ4n) is 1.39. The highest BCUT2D eigenvalue weighted by Gasteiger charge is 2.20. The van der Waals surface area contributed by atoms with Gasteiger partial charge in [-0.05, 0) is 19.8 Å². The summed E-state index contributed by atoms with van der Waals surface area (Å²) in [4.78, 5) is 10.7. The van der Waals surface area contributed by atoms with Crippen LogP contribution in [0.3, 0.4) is 0 Å². The third-order valence-corrected chi connectivity index (χ3v) is 2.33. The zero-order chi connectivity index (χ0) is 16.3. The Balaban J connectivity index is 0.000000690. The normalized spacial score (nSPS) is 10.5. The fourth-order valence-corrected chi connectivity index (χ4v) is 1.39. The van der Waals surface area contributed by atoms with Gasteiger partial charge in [0.2, 0.25) is 6.33 Å². The van der Waals surface area contributed by atoms with Crippen molar-refractivity contribution in [3.8, 4) is 0 Å². The van der Waals surface area contributed by atoms with Crippen molar-refractivity contribution in [3.05, 3.63) is 31.4 Å². The van der Waals surface area contributed by atoms with Crippen LogP contribution in [0, 0.1) is 0 Å². The third kappa shape index (κ3) is 13.0. The fraction of sp³-hybridized carbons (Fsp3) is 0.500. The van der Waals surface area contributed by atoms with Crippen LogP contribution in [0.1, 0.15) is 19.8 Å². The highest BCUT2D eigenvalue weighted by molar-refractivity contribution is 6.50. The van der Waals surface area contributed by atoms with E-state index in [-0.39, 0.29) is 5.97 Å². The summed E-state index contributed by atoms with van der Waals surface area (Å²) < 4.78 is 48.1. The number of hydrogen-bond acceptors (Lipinski definition) is 2. The molecule has 0 saturated carbocycles. The molecule has 1 heterocycles. The Morgan fingerprint density at radius 1 is 1.38 bits per heavy atom. The molecule has 1 aromatic heterocycles. The van der Waals surface area contributed by atoms with Gasteiger partial charge < -0.3 is 22.0 Å². The summed E-state index contributed by atoms with van der Waals surface area (Å²) in [6, 6.07) is 0. The van der Waals surface area contributed by atoms with E-state index in [1.54, 1.807) is 0 Å². The maximum atomic E-state index is 10.7. The molecule has 21 heavy (non-hydrogen) atoms. The number of carbonyl (C=O) groups is 1. The molecule has 0 spiro atoms. The van der Waals surface area contributed by atoms with Crippen LogP contribution in [0.15, 0.2) is 31.4 Å². The Morgan fingerprint density at radius 3 is 2.48 bits per heavy atom. The zero-order valence-electron chi connectivity index (χ0n) is 11.9. The lowest BCUT2D eigenvalue weighted by molar-refractivity contribution is -0.696. The first-order valence-corrected chi connectivity index (χ1v) is 6.47. The minimum absolute atomic E-state index is 0.343. The van der Waals surface area contributed by atoms with Crippen molar-refractivity contribution in [3.63, 3.8) is 0 Å². The van der Waals surface area contributed by atoms with E-state index in [9.17, 15) is 22.1 Å². The van der Waals surface area contributed by atoms with Crippen molar-refractivity contribution in [2.24, 2.45) is 0 Å². The summed E-state index contributed by atoms with van der Waals surface area (Å²) in [5.41, 5.74) is 0. The van der Waals surface area contributed by atoms with Gasteiger partial charge in [-0.15, -0.1) is 0 Å². The van der Waals surface area contributed by atoms with Crippen molar-refractivity contribution in [2.75, 3.05) is 6.61 Å². The van der Waals surface area contributed by atoms with Crippen molar-refractivity contribution < 1.29 is 31.4 Å². The molecule has 0 fully saturated rings. The smallest absolute Gasteiger partial charge is 0.463 e. The third-order valence-electron chi connectivity index (χ3n) is 2.33. The molecule has 0 unspecified atom stereocenters. The largest absolute Gasteiger partial charge is 0.673 e. The first-order chi connectivity index (χ1) is 9.76. The van der Waals surface area contributed by atoms with E-state index in [0.29, 0.717) is 6.61 Å². The highest BCUT2D eigenvalue weighted by atomic mass is 19.5. The number of rotatable bonds is 7. The molecule has 0 N–H and O–H groups in total.